The van der Waals surface area contributed by atoms with E-state index in [2.05, 4.69) is 10.1 Å². The van der Waals surface area contributed by atoms with Gasteiger partial charge in [-0.05, 0) is 0 Å². The van der Waals surface area contributed by atoms with Crippen molar-refractivity contribution in [2.24, 2.45) is 0 Å². The van der Waals surface area contributed by atoms with E-state index in [-0.39, 0.29) is 0 Å². The third-order valence-corrected chi connectivity index (χ3v) is 3.14. The van der Waals surface area contributed by atoms with E-state index >= 15 is 0 Å². The lowest BCUT2D eigenvalue weighted by molar-refractivity contribution is -0.160. The number of ether oxygens (including phenoxy) is 2. The Bertz CT molecular complexity index is 210. The number of hydrogen-bond acceptors (Lipinski definition) is 3. The highest BCUT2D eigenvalue weighted by Gasteiger charge is 2.30. The predicted octanol–water partition coefficient (Wildman–Crippen LogP) is 1.27. The topological polar surface area (TPSA) is 47.6 Å². The molecule has 8 heteroatoms. The molecule has 0 aliphatic rings. The zero-order chi connectivity index (χ0) is 12.1. The summed E-state index contributed by atoms with van der Waals surface area (Å²) >= 11 is 0. The van der Waals surface area contributed by atoms with E-state index in [1.54, 1.807) is 0 Å². The van der Waals surface area contributed by atoms with E-state index in [0.717, 1.165) is 0 Å². The van der Waals surface area contributed by atoms with Crippen molar-refractivity contribution in [3.05, 3.63) is 0 Å². The fourth-order valence-corrected chi connectivity index (χ4v) is 1.82. The Morgan fingerprint density at radius 2 is 2.00 bits per heavy atom. The molecule has 0 heterocycles. The van der Waals surface area contributed by atoms with Gasteiger partial charge in [0, 0.05) is 7.11 Å². The third-order valence-electron chi connectivity index (χ3n) is 1.49. The van der Waals surface area contributed by atoms with Gasteiger partial charge in [-0.3, -0.25) is 5.32 Å². The average Bonchev–Trinajstić information content (AvgIpc) is 2.09. The number of alkyl halides is 3. The van der Waals surface area contributed by atoms with Crippen molar-refractivity contribution in [2.45, 2.75) is 25.1 Å². The Labute approximate surface area is 87.3 Å². The number of methoxy groups -OCH3 is 1. The van der Waals surface area contributed by atoms with Gasteiger partial charge in [0.2, 0.25) is 0 Å². The predicted molar refractivity (Wildman–Crippen MR) is 50.2 cm³/mol. The van der Waals surface area contributed by atoms with Gasteiger partial charge in [0.15, 0.2) is 6.61 Å². The molecular weight excluding hydrogens is 231 g/mol. The SMILES string of the molecule is COC(NC(=O)OCC(F)(F)F)[SiH](C)C. The van der Waals surface area contributed by atoms with Crippen LogP contribution in [-0.2, 0) is 9.47 Å². The van der Waals surface area contributed by atoms with Crippen LogP contribution in [0, 0.1) is 0 Å². The summed E-state index contributed by atoms with van der Waals surface area (Å²) in [5.74, 6) is -0.522. The zero-order valence-electron chi connectivity index (χ0n) is 8.72. The third kappa shape index (κ3) is 7.20. The van der Waals surface area contributed by atoms with Crippen molar-refractivity contribution in [2.75, 3.05) is 13.7 Å². The van der Waals surface area contributed by atoms with Gasteiger partial charge >= 0.3 is 12.3 Å². The Kier molecular flexibility index (Phi) is 5.66. The maximum Gasteiger partial charge on any atom is 0.422 e. The monoisotopic (exact) mass is 245 g/mol. The van der Waals surface area contributed by atoms with Gasteiger partial charge in [-0.2, -0.15) is 13.2 Å². The highest BCUT2D eigenvalue weighted by atomic mass is 28.3. The molecule has 0 aliphatic carbocycles. The molecule has 0 rings (SSSR count). The first-order chi connectivity index (χ1) is 6.76. The van der Waals surface area contributed by atoms with Crippen LogP contribution in [0.5, 0.6) is 0 Å². The number of amides is 1. The molecule has 4 nitrogen and oxygen atoms in total. The van der Waals surface area contributed by atoms with Crippen LogP contribution in [-0.4, -0.2) is 40.6 Å². The number of halogens is 3. The van der Waals surface area contributed by atoms with Gasteiger partial charge in [-0.15, -0.1) is 0 Å². The Morgan fingerprint density at radius 3 is 2.33 bits per heavy atom. The molecule has 0 aromatic heterocycles. The number of carbonyl (C=O) groups excluding carboxylic acids is 1. The highest BCUT2D eigenvalue weighted by Crippen LogP contribution is 2.14. The van der Waals surface area contributed by atoms with Crippen LogP contribution in [0.1, 0.15) is 0 Å². The van der Waals surface area contributed by atoms with Crippen molar-refractivity contribution in [3.63, 3.8) is 0 Å². The molecule has 0 bridgehead atoms. The van der Waals surface area contributed by atoms with Gasteiger partial charge in [-0.25, -0.2) is 4.79 Å². The maximum absolute atomic E-state index is 11.7. The molecule has 0 aliphatic heterocycles. The maximum atomic E-state index is 11.7. The number of rotatable bonds is 4. The minimum absolute atomic E-state index is 0.522. The molecule has 1 amide bonds. The number of carbonyl (C=O) groups is 1. The van der Waals surface area contributed by atoms with Gasteiger partial charge in [0.1, 0.15) is 5.85 Å². The second kappa shape index (κ2) is 5.96. The molecular formula is C7H14F3NO3Si. The largest absolute Gasteiger partial charge is 0.440 e. The summed E-state index contributed by atoms with van der Waals surface area (Å²) in [4.78, 5) is 10.9. The summed E-state index contributed by atoms with van der Waals surface area (Å²) in [7, 11) is 0.0527. The van der Waals surface area contributed by atoms with E-state index < -0.39 is 33.5 Å². The Morgan fingerprint density at radius 1 is 1.47 bits per heavy atom. The standard InChI is InChI=1S/C7H14F3NO3Si/c1-13-6(15(2)3)11-5(12)14-4-7(8,9)10/h6,15H,4H2,1-3H3,(H,11,12). The molecule has 0 aromatic carbocycles. The lowest BCUT2D eigenvalue weighted by atomic mass is 10.7. The Balaban J connectivity index is 3.92. The lowest BCUT2D eigenvalue weighted by Gasteiger charge is -2.19. The number of hydrogen-bond donors (Lipinski definition) is 1. The van der Waals surface area contributed by atoms with Crippen molar-refractivity contribution < 1.29 is 27.4 Å². The van der Waals surface area contributed by atoms with E-state index in [4.69, 9.17) is 4.74 Å². The summed E-state index contributed by atoms with van der Waals surface area (Å²) in [5, 5.41) is 2.22. The first kappa shape index (κ1) is 14.2. The molecule has 1 atom stereocenters. The number of alkyl carbamates (subject to hydrolysis) is 1. The van der Waals surface area contributed by atoms with Crippen LogP contribution < -0.4 is 5.32 Å². The molecule has 0 spiro atoms. The second-order valence-corrected chi connectivity index (χ2v) is 6.33. The van der Waals surface area contributed by atoms with Crippen molar-refractivity contribution in [3.8, 4) is 0 Å². The fraction of sp³-hybridized carbons (Fsp3) is 0.857. The van der Waals surface area contributed by atoms with Crippen LogP contribution in [0.3, 0.4) is 0 Å². The summed E-state index contributed by atoms with van der Waals surface area (Å²) in [5.41, 5.74) is 0. The summed E-state index contributed by atoms with van der Waals surface area (Å²) in [6.07, 6.45) is -5.62. The first-order valence-corrected chi connectivity index (χ1v) is 7.26. The molecule has 0 aromatic rings. The van der Waals surface area contributed by atoms with Crippen molar-refractivity contribution in [1.29, 1.82) is 0 Å². The first-order valence-electron chi connectivity index (χ1n) is 4.29. The lowest BCUT2D eigenvalue weighted by Crippen LogP contribution is -2.45. The molecule has 1 unspecified atom stereocenters. The fourth-order valence-electron chi connectivity index (χ4n) is 0.803. The number of nitrogens with one attached hydrogen (secondary N) is 1. The second-order valence-electron chi connectivity index (χ2n) is 3.24. The van der Waals surface area contributed by atoms with Crippen molar-refractivity contribution in [1.82, 2.24) is 5.32 Å². The van der Waals surface area contributed by atoms with E-state index in [9.17, 15) is 18.0 Å². The normalized spacial score (nSPS) is 13.8. The molecule has 1 N–H and O–H groups in total. The zero-order valence-corrected chi connectivity index (χ0v) is 9.88. The molecule has 0 saturated carbocycles. The molecule has 0 radical (unpaired) electrons. The van der Waals surface area contributed by atoms with E-state index in [1.807, 2.05) is 13.1 Å². The van der Waals surface area contributed by atoms with Crippen LogP contribution in [0.25, 0.3) is 0 Å². The van der Waals surface area contributed by atoms with Gasteiger partial charge in [-0.1, -0.05) is 13.1 Å². The average molecular weight is 245 g/mol. The smallest absolute Gasteiger partial charge is 0.422 e. The van der Waals surface area contributed by atoms with Gasteiger partial charge < -0.3 is 9.47 Å². The van der Waals surface area contributed by atoms with Crippen LogP contribution in [0.2, 0.25) is 13.1 Å². The Hall–Kier alpha value is -0.763. The summed E-state index contributed by atoms with van der Waals surface area (Å²) in [6, 6.07) is 0. The molecule has 0 saturated heterocycles. The molecule has 0 fully saturated rings. The van der Waals surface area contributed by atoms with Gasteiger partial charge in [0.05, 0.1) is 8.80 Å². The minimum Gasteiger partial charge on any atom is -0.440 e. The summed E-state index contributed by atoms with van der Waals surface area (Å²) < 4.78 is 43.8. The van der Waals surface area contributed by atoms with Gasteiger partial charge in [0.25, 0.3) is 0 Å². The van der Waals surface area contributed by atoms with E-state index in [0.29, 0.717) is 0 Å². The quantitative estimate of drug-likeness (QED) is 0.599. The molecule has 90 valence electrons. The van der Waals surface area contributed by atoms with E-state index in [1.165, 1.54) is 7.11 Å². The minimum atomic E-state index is -4.50. The summed E-state index contributed by atoms with van der Waals surface area (Å²) in [6.45, 7) is 2.19. The highest BCUT2D eigenvalue weighted by molar-refractivity contribution is 6.57. The van der Waals surface area contributed by atoms with Crippen LogP contribution in [0.15, 0.2) is 0 Å². The van der Waals surface area contributed by atoms with Crippen molar-refractivity contribution >= 4 is 14.9 Å². The van der Waals surface area contributed by atoms with Crippen LogP contribution >= 0.6 is 0 Å². The molecule has 15 heavy (non-hydrogen) atoms. The van der Waals surface area contributed by atoms with Crippen LogP contribution in [0.4, 0.5) is 18.0 Å².